The van der Waals surface area contributed by atoms with Crippen molar-refractivity contribution < 1.29 is 4.79 Å². The van der Waals surface area contributed by atoms with E-state index in [0.29, 0.717) is 10.6 Å². The number of halogens is 2. The van der Waals surface area contributed by atoms with Crippen molar-refractivity contribution in [1.29, 1.82) is 0 Å². The fourth-order valence-electron chi connectivity index (χ4n) is 1.71. The van der Waals surface area contributed by atoms with Gasteiger partial charge in [-0.1, -0.05) is 29.3 Å². The molecule has 1 N–H and O–H groups in total. The Hall–Kier alpha value is -1.03. The van der Waals surface area contributed by atoms with Crippen LogP contribution in [0, 0.1) is 20.8 Å². The molecule has 1 amide bonds. The zero-order valence-corrected chi connectivity index (χ0v) is 13.1. The Bertz CT molecular complexity index is 649. The number of carbonyl (C=O) groups is 1. The molecular formula is C14H13Cl2NOS. The number of anilines is 1. The molecule has 0 bridgehead atoms. The molecule has 19 heavy (non-hydrogen) atoms. The molecule has 0 fully saturated rings. The van der Waals surface area contributed by atoms with E-state index in [4.69, 9.17) is 23.2 Å². The maximum absolute atomic E-state index is 12.2. The minimum Gasteiger partial charge on any atom is -0.313 e. The Labute approximate surface area is 126 Å². The summed E-state index contributed by atoms with van der Waals surface area (Å²) in [6, 6.07) is 5.03. The number of aryl methyl sites for hydroxylation is 1. The standard InChI is InChI=1S/C14H13Cl2NOS/c1-7-8(2)14(19-9(7)3)17-13(18)10-5-4-6-11(15)12(10)16/h4-6H,1-3H3,(H,17,18). The van der Waals surface area contributed by atoms with E-state index in [1.54, 1.807) is 29.5 Å². The molecule has 1 aromatic heterocycles. The summed E-state index contributed by atoms with van der Waals surface area (Å²) < 4.78 is 0. The molecular weight excluding hydrogens is 301 g/mol. The van der Waals surface area contributed by atoms with Crippen molar-refractivity contribution in [1.82, 2.24) is 0 Å². The quantitative estimate of drug-likeness (QED) is 0.807. The lowest BCUT2D eigenvalue weighted by Gasteiger charge is -2.07. The van der Waals surface area contributed by atoms with E-state index in [1.807, 2.05) is 20.8 Å². The van der Waals surface area contributed by atoms with E-state index in [0.717, 1.165) is 10.6 Å². The highest BCUT2D eigenvalue weighted by molar-refractivity contribution is 7.16. The van der Waals surface area contributed by atoms with Crippen LogP contribution in [0.1, 0.15) is 26.4 Å². The highest BCUT2D eigenvalue weighted by atomic mass is 35.5. The lowest BCUT2D eigenvalue weighted by Crippen LogP contribution is -2.12. The van der Waals surface area contributed by atoms with E-state index in [1.165, 1.54) is 10.4 Å². The number of benzene rings is 1. The number of carbonyl (C=O) groups excluding carboxylic acids is 1. The molecule has 0 aliphatic rings. The van der Waals surface area contributed by atoms with Gasteiger partial charge in [0.1, 0.15) is 0 Å². The molecule has 5 heteroatoms. The van der Waals surface area contributed by atoms with Crippen molar-refractivity contribution in [2.45, 2.75) is 20.8 Å². The van der Waals surface area contributed by atoms with Crippen LogP contribution in [0.15, 0.2) is 18.2 Å². The van der Waals surface area contributed by atoms with Gasteiger partial charge in [-0.2, -0.15) is 0 Å². The second kappa shape index (κ2) is 5.53. The molecule has 0 unspecified atom stereocenters. The van der Waals surface area contributed by atoms with Gasteiger partial charge in [-0.15, -0.1) is 11.3 Å². The first kappa shape index (κ1) is 14.4. The summed E-state index contributed by atoms with van der Waals surface area (Å²) in [6.07, 6.45) is 0. The summed E-state index contributed by atoms with van der Waals surface area (Å²) in [4.78, 5) is 13.4. The van der Waals surface area contributed by atoms with E-state index in [2.05, 4.69) is 5.32 Å². The van der Waals surface area contributed by atoms with Gasteiger partial charge in [-0.05, 0) is 44.0 Å². The Morgan fingerprint density at radius 2 is 1.84 bits per heavy atom. The predicted octanol–water partition coefficient (Wildman–Crippen LogP) is 5.23. The van der Waals surface area contributed by atoms with Gasteiger partial charge in [-0.3, -0.25) is 4.79 Å². The van der Waals surface area contributed by atoms with E-state index in [9.17, 15) is 4.79 Å². The van der Waals surface area contributed by atoms with Crippen LogP contribution in [-0.4, -0.2) is 5.91 Å². The summed E-state index contributed by atoms with van der Waals surface area (Å²) in [5, 5.41) is 4.41. The van der Waals surface area contributed by atoms with Crippen molar-refractivity contribution in [2.75, 3.05) is 5.32 Å². The third-order valence-electron chi connectivity index (χ3n) is 3.11. The normalized spacial score (nSPS) is 10.6. The van der Waals surface area contributed by atoms with Crippen LogP contribution < -0.4 is 5.32 Å². The molecule has 0 saturated carbocycles. The highest BCUT2D eigenvalue weighted by Crippen LogP contribution is 2.32. The first-order valence-corrected chi connectivity index (χ1v) is 7.31. The molecule has 0 aliphatic carbocycles. The van der Waals surface area contributed by atoms with Crippen LogP contribution in [0.2, 0.25) is 10.0 Å². The van der Waals surface area contributed by atoms with Crippen molar-refractivity contribution in [3.8, 4) is 0 Å². The van der Waals surface area contributed by atoms with Crippen molar-refractivity contribution in [3.05, 3.63) is 49.8 Å². The topological polar surface area (TPSA) is 29.1 Å². The minimum absolute atomic E-state index is 0.239. The van der Waals surface area contributed by atoms with Crippen LogP contribution in [0.5, 0.6) is 0 Å². The largest absolute Gasteiger partial charge is 0.313 e. The Morgan fingerprint density at radius 3 is 2.42 bits per heavy atom. The highest BCUT2D eigenvalue weighted by Gasteiger charge is 2.16. The molecule has 100 valence electrons. The lowest BCUT2D eigenvalue weighted by atomic mass is 10.2. The molecule has 1 heterocycles. The van der Waals surface area contributed by atoms with Crippen LogP contribution in [0.3, 0.4) is 0 Å². The van der Waals surface area contributed by atoms with Gasteiger partial charge in [0, 0.05) is 4.88 Å². The van der Waals surface area contributed by atoms with Crippen LogP contribution in [-0.2, 0) is 0 Å². The molecule has 2 rings (SSSR count). The monoisotopic (exact) mass is 313 g/mol. The van der Waals surface area contributed by atoms with Gasteiger partial charge < -0.3 is 5.32 Å². The van der Waals surface area contributed by atoms with Gasteiger partial charge in [0.05, 0.1) is 20.6 Å². The number of hydrogen-bond donors (Lipinski definition) is 1. The van der Waals surface area contributed by atoms with E-state index < -0.39 is 0 Å². The SMILES string of the molecule is Cc1sc(NC(=O)c2cccc(Cl)c2Cl)c(C)c1C. The zero-order chi connectivity index (χ0) is 14.2. The third kappa shape index (κ3) is 2.78. The van der Waals surface area contributed by atoms with Gasteiger partial charge >= 0.3 is 0 Å². The summed E-state index contributed by atoms with van der Waals surface area (Å²) >= 11 is 13.5. The Morgan fingerprint density at radius 1 is 1.16 bits per heavy atom. The molecule has 0 spiro atoms. The summed E-state index contributed by atoms with van der Waals surface area (Å²) in [5.74, 6) is -0.239. The fraction of sp³-hybridized carbons (Fsp3) is 0.214. The summed E-state index contributed by atoms with van der Waals surface area (Å²) in [6.45, 7) is 6.08. The Balaban J connectivity index is 2.31. The second-order valence-electron chi connectivity index (χ2n) is 4.29. The van der Waals surface area contributed by atoms with Gasteiger partial charge in [-0.25, -0.2) is 0 Å². The van der Waals surface area contributed by atoms with Crippen LogP contribution in [0.25, 0.3) is 0 Å². The number of hydrogen-bond acceptors (Lipinski definition) is 2. The fourth-order valence-corrected chi connectivity index (χ4v) is 3.16. The van der Waals surface area contributed by atoms with Crippen molar-refractivity contribution in [3.63, 3.8) is 0 Å². The molecule has 0 aliphatic heterocycles. The molecule has 2 nitrogen and oxygen atoms in total. The number of thiophene rings is 1. The van der Waals surface area contributed by atoms with Gasteiger partial charge in [0.15, 0.2) is 0 Å². The first-order chi connectivity index (χ1) is 8.91. The predicted molar refractivity (Wildman–Crippen MR) is 82.9 cm³/mol. The average molecular weight is 314 g/mol. The van der Waals surface area contributed by atoms with Gasteiger partial charge in [0.25, 0.3) is 5.91 Å². The smallest absolute Gasteiger partial charge is 0.257 e. The molecule has 0 radical (unpaired) electrons. The van der Waals surface area contributed by atoms with Crippen LogP contribution in [0.4, 0.5) is 5.00 Å². The average Bonchev–Trinajstić information content (AvgIpc) is 2.60. The van der Waals surface area contributed by atoms with Crippen LogP contribution >= 0.6 is 34.5 Å². The minimum atomic E-state index is -0.239. The molecule has 2 aromatic rings. The first-order valence-electron chi connectivity index (χ1n) is 5.73. The van der Waals surface area contributed by atoms with Crippen molar-refractivity contribution in [2.24, 2.45) is 0 Å². The molecule has 0 saturated heterocycles. The third-order valence-corrected chi connectivity index (χ3v) is 5.15. The summed E-state index contributed by atoms with van der Waals surface area (Å²) in [5.41, 5.74) is 2.68. The molecule has 0 atom stereocenters. The maximum Gasteiger partial charge on any atom is 0.257 e. The second-order valence-corrected chi connectivity index (χ2v) is 6.30. The van der Waals surface area contributed by atoms with E-state index >= 15 is 0 Å². The maximum atomic E-state index is 12.2. The molecule has 1 aromatic carbocycles. The number of amides is 1. The number of rotatable bonds is 2. The van der Waals surface area contributed by atoms with Crippen molar-refractivity contribution >= 4 is 45.4 Å². The lowest BCUT2D eigenvalue weighted by molar-refractivity contribution is 0.102. The number of nitrogens with one attached hydrogen (secondary N) is 1. The van der Waals surface area contributed by atoms with Gasteiger partial charge in [0.2, 0.25) is 0 Å². The zero-order valence-electron chi connectivity index (χ0n) is 10.8. The summed E-state index contributed by atoms with van der Waals surface area (Å²) in [7, 11) is 0. The van der Waals surface area contributed by atoms with E-state index in [-0.39, 0.29) is 10.9 Å². The Kier molecular flexibility index (Phi) is 4.19.